The van der Waals surface area contributed by atoms with Crippen molar-refractivity contribution in [2.24, 2.45) is 0 Å². The van der Waals surface area contributed by atoms with E-state index in [0.717, 1.165) is 0 Å². The topological polar surface area (TPSA) is 69.6 Å². The first-order valence-corrected chi connectivity index (χ1v) is 5.35. The Bertz CT molecular complexity index is 319. The molecule has 4 nitrogen and oxygen atoms in total. The van der Waals surface area contributed by atoms with Crippen LogP contribution in [0.15, 0.2) is 24.3 Å². The molecule has 13 heavy (non-hydrogen) atoms. The van der Waals surface area contributed by atoms with E-state index < -0.39 is 7.60 Å². The van der Waals surface area contributed by atoms with Crippen LogP contribution >= 0.6 is 7.60 Å². The fraction of sp³-hybridized carbons (Fsp3) is 0.250. The van der Waals surface area contributed by atoms with E-state index in [4.69, 9.17) is 5.11 Å². The SMILES string of the molecule is CCOP(=O)([O-])c1ccc(O)cc1. The van der Waals surface area contributed by atoms with E-state index in [1.807, 2.05) is 0 Å². The number of phenols is 1. The number of phenolic OH excluding ortho intramolecular Hbond substituents is 1. The van der Waals surface area contributed by atoms with Crippen LogP contribution in [0.5, 0.6) is 5.75 Å². The van der Waals surface area contributed by atoms with Gasteiger partial charge >= 0.3 is 0 Å². The molecule has 0 saturated carbocycles. The van der Waals surface area contributed by atoms with Gasteiger partial charge < -0.3 is 19.1 Å². The maximum atomic E-state index is 11.3. The van der Waals surface area contributed by atoms with Crippen LogP contribution in [0.1, 0.15) is 6.92 Å². The van der Waals surface area contributed by atoms with Crippen LogP contribution < -0.4 is 10.2 Å². The van der Waals surface area contributed by atoms with Crippen molar-refractivity contribution in [3.63, 3.8) is 0 Å². The molecule has 0 saturated heterocycles. The van der Waals surface area contributed by atoms with Crippen LogP contribution in [-0.2, 0) is 9.09 Å². The molecule has 0 spiro atoms. The molecule has 1 unspecified atom stereocenters. The monoisotopic (exact) mass is 201 g/mol. The summed E-state index contributed by atoms with van der Waals surface area (Å²) in [4.78, 5) is 11.3. The highest BCUT2D eigenvalue weighted by Gasteiger charge is 2.10. The van der Waals surface area contributed by atoms with Crippen molar-refractivity contribution in [1.29, 1.82) is 0 Å². The predicted molar refractivity (Wildman–Crippen MR) is 47.0 cm³/mol. The molecule has 0 radical (unpaired) electrons. The molecule has 1 aromatic rings. The normalized spacial score (nSPS) is 15.2. The predicted octanol–water partition coefficient (Wildman–Crippen LogP) is 0.607. The van der Waals surface area contributed by atoms with Gasteiger partial charge in [0.1, 0.15) is 5.75 Å². The van der Waals surface area contributed by atoms with Gasteiger partial charge in [0.05, 0.1) is 6.61 Å². The Balaban J connectivity index is 2.94. The molecule has 0 heterocycles. The van der Waals surface area contributed by atoms with E-state index in [1.54, 1.807) is 6.92 Å². The molecule has 0 bridgehead atoms. The maximum Gasteiger partial charge on any atom is 0.165 e. The highest BCUT2D eigenvalue weighted by molar-refractivity contribution is 7.59. The minimum absolute atomic E-state index is 0.0280. The molecule has 0 aliphatic rings. The van der Waals surface area contributed by atoms with E-state index in [0.29, 0.717) is 0 Å². The quantitative estimate of drug-likeness (QED) is 0.727. The Morgan fingerprint density at radius 2 is 2.00 bits per heavy atom. The third-order valence-corrected chi connectivity index (χ3v) is 2.99. The van der Waals surface area contributed by atoms with E-state index in [2.05, 4.69) is 4.52 Å². The van der Waals surface area contributed by atoms with E-state index in [9.17, 15) is 9.46 Å². The van der Waals surface area contributed by atoms with Crippen molar-refractivity contribution in [1.82, 2.24) is 0 Å². The van der Waals surface area contributed by atoms with Crippen LogP contribution in [0, 0.1) is 0 Å². The fourth-order valence-electron chi connectivity index (χ4n) is 0.880. The second-order valence-corrected chi connectivity index (χ2v) is 4.20. The highest BCUT2D eigenvalue weighted by Crippen LogP contribution is 2.35. The Labute approximate surface area is 76.3 Å². The van der Waals surface area contributed by atoms with Crippen molar-refractivity contribution < 1.29 is 19.1 Å². The first kappa shape index (κ1) is 10.3. The molecule has 1 N–H and O–H groups in total. The first-order chi connectivity index (χ1) is 6.06. The van der Waals surface area contributed by atoms with Gasteiger partial charge in [-0.25, -0.2) is 0 Å². The minimum Gasteiger partial charge on any atom is -0.775 e. The van der Waals surface area contributed by atoms with Crippen LogP contribution in [0.3, 0.4) is 0 Å². The van der Waals surface area contributed by atoms with Gasteiger partial charge in [-0.1, -0.05) is 0 Å². The average Bonchev–Trinajstić information content (AvgIpc) is 2.05. The molecule has 0 aliphatic heterocycles. The van der Waals surface area contributed by atoms with Gasteiger partial charge in [-0.05, 0) is 31.2 Å². The smallest absolute Gasteiger partial charge is 0.165 e. The first-order valence-electron chi connectivity index (χ1n) is 3.81. The highest BCUT2D eigenvalue weighted by atomic mass is 31.2. The van der Waals surface area contributed by atoms with Gasteiger partial charge in [-0.15, -0.1) is 0 Å². The zero-order valence-electron chi connectivity index (χ0n) is 7.14. The average molecular weight is 201 g/mol. The van der Waals surface area contributed by atoms with Crippen molar-refractivity contribution in [2.45, 2.75) is 6.92 Å². The molecule has 1 rings (SSSR count). The summed E-state index contributed by atoms with van der Waals surface area (Å²) < 4.78 is 15.8. The molecule has 1 aromatic carbocycles. The lowest BCUT2D eigenvalue weighted by atomic mass is 10.3. The summed E-state index contributed by atoms with van der Waals surface area (Å²) in [5, 5.41) is 9.00. The Hall–Kier alpha value is -0.830. The Kier molecular flexibility index (Phi) is 3.09. The molecule has 5 heteroatoms. The van der Waals surface area contributed by atoms with Crippen LogP contribution in [0.2, 0.25) is 0 Å². The largest absolute Gasteiger partial charge is 0.775 e. The van der Waals surface area contributed by atoms with Gasteiger partial charge in [0.25, 0.3) is 0 Å². The number of aromatic hydroxyl groups is 1. The zero-order chi connectivity index (χ0) is 9.90. The number of hydrogen-bond acceptors (Lipinski definition) is 4. The minimum atomic E-state index is -3.93. The van der Waals surface area contributed by atoms with E-state index in [1.165, 1.54) is 24.3 Å². The third kappa shape index (κ3) is 2.56. The van der Waals surface area contributed by atoms with E-state index >= 15 is 0 Å². The third-order valence-electron chi connectivity index (χ3n) is 1.46. The fourth-order valence-corrected chi connectivity index (χ4v) is 1.88. The summed E-state index contributed by atoms with van der Waals surface area (Å²) in [7, 11) is -3.93. The summed E-state index contributed by atoms with van der Waals surface area (Å²) >= 11 is 0. The van der Waals surface area contributed by atoms with Crippen LogP contribution in [0.4, 0.5) is 0 Å². The van der Waals surface area contributed by atoms with E-state index in [-0.39, 0.29) is 17.7 Å². The molecule has 1 atom stereocenters. The molecule has 0 fully saturated rings. The van der Waals surface area contributed by atoms with Crippen molar-refractivity contribution in [2.75, 3.05) is 6.61 Å². The second kappa shape index (κ2) is 3.92. The molecule has 0 aliphatic carbocycles. The van der Waals surface area contributed by atoms with Crippen LogP contribution in [-0.4, -0.2) is 11.7 Å². The molecule has 0 amide bonds. The molecule has 0 aromatic heterocycles. The van der Waals surface area contributed by atoms with Gasteiger partial charge in [0.2, 0.25) is 0 Å². The number of rotatable bonds is 3. The molecular formula is C8H10O4P-. The van der Waals surface area contributed by atoms with Crippen molar-refractivity contribution in [3.8, 4) is 5.75 Å². The lowest BCUT2D eigenvalue weighted by Crippen LogP contribution is -2.17. The van der Waals surface area contributed by atoms with Gasteiger partial charge in [-0.3, -0.25) is 0 Å². The summed E-state index contributed by atoms with van der Waals surface area (Å²) in [6, 6.07) is 5.22. The molecule has 72 valence electrons. The van der Waals surface area contributed by atoms with Gasteiger partial charge in [-0.2, -0.15) is 0 Å². The van der Waals surface area contributed by atoms with Crippen molar-refractivity contribution >= 4 is 12.9 Å². The Morgan fingerprint density at radius 1 is 1.46 bits per heavy atom. The lowest BCUT2D eigenvalue weighted by Gasteiger charge is -2.22. The van der Waals surface area contributed by atoms with Gasteiger partial charge in [0, 0.05) is 5.30 Å². The Morgan fingerprint density at radius 3 is 2.46 bits per heavy atom. The van der Waals surface area contributed by atoms with Gasteiger partial charge in [0.15, 0.2) is 7.60 Å². The summed E-state index contributed by atoms with van der Waals surface area (Å²) in [6.45, 7) is 1.71. The summed E-state index contributed by atoms with van der Waals surface area (Å²) in [6.07, 6.45) is 0. The lowest BCUT2D eigenvalue weighted by molar-refractivity contribution is -0.193. The standard InChI is InChI=1S/C8H11O4P/c1-2-12-13(10,11)8-5-3-7(9)4-6-8/h3-6,9H,2H2,1H3,(H,10,11)/p-1. The van der Waals surface area contributed by atoms with Crippen LogP contribution in [0.25, 0.3) is 0 Å². The van der Waals surface area contributed by atoms with Crippen molar-refractivity contribution in [3.05, 3.63) is 24.3 Å². The second-order valence-electron chi connectivity index (χ2n) is 2.43. The number of benzene rings is 1. The zero-order valence-corrected chi connectivity index (χ0v) is 8.03. The molecular weight excluding hydrogens is 191 g/mol. The number of hydrogen-bond donors (Lipinski definition) is 1. The summed E-state index contributed by atoms with van der Waals surface area (Å²) in [5.41, 5.74) is 0. The summed E-state index contributed by atoms with van der Waals surface area (Å²) in [5.74, 6) is 0.0280. The maximum absolute atomic E-state index is 11.3.